The molecule has 0 heterocycles. The van der Waals surface area contributed by atoms with E-state index in [-0.39, 0.29) is 23.3 Å². The van der Waals surface area contributed by atoms with E-state index in [9.17, 15) is 9.59 Å². The minimum atomic E-state index is -0.274. The molecule has 28 heavy (non-hydrogen) atoms. The SMILES string of the molecule is CCC[C@H](N(NC(=O)c1ccccc1)C(=O)c1cc(C)cc(C)c1)C(C)(C)C. The van der Waals surface area contributed by atoms with Gasteiger partial charge in [0.15, 0.2) is 0 Å². The van der Waals surface area contributed by atoms with Crippen molar-refractivity contribution in [3.63, 3.8) is 0 Å². The van der Waals surface area contributed by atoms with Crippen molar-refractivity contribution < 1.29 is 9.59 Å². The highest BCUT2D eigenvalue weighted by molar-refractivity contribution is 5.99. The Morgan fingerprint density at radius 3 is 2.04 bits per heavy atom. The van der Waals surface area contributed by atoms with Gasteiger partial charge >= 0.3 is 0 Å². The number of benzene rings is 2. The van der Waals surface area contributed by atoms with Crippen molar-refractivity contribution >= 4 is 11.8 Å². The van der Waals surface area contributed by atoms with Crippen molar-refractivity contribution in [2.75, 3.05) is 0 Å². The fourth-order valence-electron chi connectivity index (χ4n) is 3.49. The third kappa shape index (κ3) is 5.44. The maximum atomic E-state index is 13.5. The summed E-state index contributed by atoms with van der Waals surface area (Å²) in [6.45, 7) is 12.3. The highest BCUT2D eigenvalue weighted by Crippen LogP contribution is 2.28. The van der Waals surface area contributed by atoms with E-state index in [1.165, 1.54) is 0 Å². The van der Waals surface area contributed by atoms with E-state index in [0.29, 0.717) is 11.1 Å². The summed E-state index contributed by atoms with van der Waals surface area (Å²) in [6.07, 6.45) is 1.72. The molecule has 2 rings (SSSR count). The zero-order chi connectivity index (χ0) is 20.9. The second-order valence-corrected chi connectivity index (χ2v) is 8.53. The number of amides is 2. The summed E-state index contributed by atoms with van der Waals surface area (Å²) in [5, 5.41) is 1.55. The first-order valence-corrected chi connectivity index (χ1v) is 9.91. The van der Waals surface area contributed by atoms with Gasteiger partial charge in [-0.1, -0.05) is 69.5 Å². The molecule has 0 saturated heterocycles. The van der Waals surface area contributed by atoms with Gasteiger partial charge in [0.05, 0.1) is 6.04 Å². The Kier molecular flexibility index (Phi) is 7.00. The fourth-order valence-corrected chi connectivity index (χ4v) is 3.49. The molecule has 0 radical (unpaired) electrons. The Bertz CT molecular complexity index is 802. The summed E-state index contributed by atoms with van der Waals surface area (Å²) in [6, 6.07) is 14.7. The predicted octanol–water partition coefficient (Wildman–Crippen LogP) is 5.31. The molecule has 4 nitrogen and oxygen atoms in total. The summed E-state index contributed by atoms with van der Waals surface area (Å²) >= 11 is 0. The third-order valence-electron chi connectivity index (χ3n) is 4.82. The van der Waals surface area contributed by atoms with Crippen LogP contribution < -0.4 is 5.43 Å². The highest BCUT2D eigenvalue weighted by Gasteiger charge is 2.35. The van der Waals surface area contributed by atoms with Crippen LogP contribution in [0.4, 0.5) is 0 Å². The Morgan fingerprint density at radius 1 is 0.964 bits per heavy atom. The van der Waals surface area contributed by atoms with Crippen LogP contribution in [0.25, 0.3) is 0 Å². The summed E-state index contributed by atoms with van der Waals surface area (Å²) in [5.41, 5.74) is 5.90. The Balaban J connectivity index is 2.45. The van der Waals surface area contributed by atoms with Gasteiger partial charge in [-0.2, -0.15) is 0 Å². The van der Waals surface area contributed by atoms with Gasteiger partial charge in [-0.25, -0.2) is 5.01 Å². The lowest BCUT2D eigenvalue weighted by Crippen LogP contribution is -2.56. The van der Waals surface area contributed by atoms with Crippen molar-refractivity contribution in [2.45, 2.75) is 60.4 Å². The van der Waals surface area contributed by atoms with Gasteiger partial charge in [-0.15, -0.1) is 0 Å². The fraction of sp³-hybridized carbons (Fsp3) is 0.417. The van der Waals surface area contributed by atoms with E-state index < -0.39 is 0 Å². The minimum absolute atomic E-state index is 0.126. The van der Waals surface area contributed by atoms with Crippen molar-refractivity contribution in [1.29, 1.82) is 0 Å². The molecule has 0 aromatic heterocycles. The van der Waals surface area contributed by atoms with Gasteiger partial charge in [-0.3, -0.25) is 15.0 Å². The van der Waals surface area contributed by atoms with Crippen molar-refractivity contribution in [3.05, 3.63) is 70.8 Å². The molecule has 1 atom stereocenters. The molecule has 1 N–H and O–H groups in total. The number of hydrogen-bond acceptors (Lipinski definition) is 2. The first kappa shape index (κ1) is 21.7. The normalized spacial score (nSPS) is 12.4. The van der Waals surface area contributed by atoms with Gasteiger partial charge < -0.3 is 0 Å². The number of hydrogen-bond donors (Lipinski definition) is 1. The summed E-state index contributed by atoms with van der Waals surface area (Å²) in [5.74, 6) is -0.451. The predicted molar refractivity (Wildman–Crippen MR) is 114 cm³/mol. The number of rotatable bonds is 5. The van der Waals surface area contributed by atoms with Gasteiger partial charge in [0.1, 0.15) is 0 Å². The zero-order valence-electron chi connectivity index (χ0n) is 17.9. The average molecular weight is 381 g/mol. The Morgan fingerprint density at radius 2 is 1.54 bits per heavy atom. The molecule has 0 bridgehead atoms. The number of hydrazine groups is 1. The van der Waals surface area contributed by atoms with Gasteiger partial charge in [0.25, 0.3) is 11.8 Å². The second-order valence-electron chi connectivity index (χ2n) is 8.53. The lowest BCUT2D eigenvalue weighted by Gasteiger charge is -2.40. The topological polar surface area (TPSA) is 49.4 Å². The maximum Gasteiger partial charge on any atom is 0.272 e. The molecule has 4 heteroatoms. The van der Waals surface area contributed by atoms with Crippen LogP contribution in [0, 0.1) is 19.3 Å². The second kappa shape index (κ2) is 9.05. The van der Waals surface area contributed by atoms with Gasteiger partial charge in [0, 0.05) is 11.1 Å². The Hall–Kier alpha value is -2.62. The number of aryl methyl sites for hydroxylation is 2. The first-order valence-electron chi connectivity index (χ1n) is 9.91. The van der Waals surface area contributed by atoms with E-state index in [4.69, 9.17) is 0 Å². The number of carbonyl (C=O) groups is 2. The lowest BCUT2D eigenvalue weighted by atomic mass is 9.83. The van der Waals surface area contributed by atoms with Crippen LogP contribution in [0.15, 0.2) is 48.5 Å². The quantitative estimate of drug-likeness (QED) is 0.715. The maximum absolute atomic E-state index is 13.5. The monoisotopic (exact) mass is 380 g/mol. The summed E-state index contributed by atoms with van der Waals surface area (Å²) < 4.78 is 0. The molecule has 0 aliphatic heterocycles. The molecule has 150 valence electrons. The van der Waals surface area contributed by atoms with E-state index in [1.807, 2.05) is 50.2 Å². The number of nitrogens with one attached hydrogen (secondary N) is 1. The molecule has 0 fully saturated rings. The van der Waals surface area contributed by atoms with Crippen LogP contribution in [-0.2, 0) is 0 Å². The van der Waals surface area contributed by atoms with E-state index in [1.54, 1.807) is 17.1 Å². The van der Waals surface area contributed by atoms with Crippen LogP contribution in [0.5, 0.6) is 0 Å². The van der Waals surface area contributed by atoms with Gasteiger partial charge in [0.2, 0.25) is 0 Å². The van der Waals surface area contributed by atoms with Gasteiger partial charge in [-0.05, 0) is 49.9 Å². The molecule has 2 aromatic rings. The molecule has 0 spiro atoms. The van der Waals surface area contributed by atoms with Crippen LogP contribution in [0.2, 0.25) is 0 Å². The minimum Gasteiger partial charge on any atom is -0.267 e. The van der Waals surface area contributed by atoms with Crippen LogP contribution in [-0.4, -0.2) is 22.9 Å². The average Bonchev–Trinajstić information content (AvgIpc) is 2.63. The number of nitrogens with zero attached hydrogens (tertiary/aromatic N) is 1. The molecular weight excluding hydrogens is 348 g/mol. The number of carbonyl (C=O) groups excluding carboxylic acids is 2. The van der Waals surface area contributed by atoms with E-state index >= 15 is 0 Å². The van der Waals surface area contributed by atoms with Crippen LogP contribution in [0.3, 0.4) is 0 Å². The molecule has 0 aliphatic carbocycles. The Labute approximate surface area is 168 Å². The van der Waals surface area contributed by atoms with Crippen LogP contribution >= 0.6 is 0 Å². The van der Waals surface area contributed by atoms with Crippen molar-refractivity contribution in [1.82, 2.24) is 10.4 Å². The third-order valence-corrected chi connectivity index (χ3v) is 4.82. The van der Waals surface area contributed by atoms with Crippen molar-refractivity contribution in [2.24, 2.45) is 5.41 Å². The standard InChI is InChI=1S/C24H32N2O2/c1-7-11-21(24(4,5)6)26(25-22(27)19-12-9-8-10-13-19)23(28)20-15-17(2)14-18(3)16-20/h8-10,12-16,21H,7,11H2,1-6H3,(H,25,27)/t21-/m0/s1. The lowest BCUT2D eigenvalue weighted by molar-refractivity contribution is 0.0271. The first-order chi connectivity index (χ1) is 13.1. The molecular formula is C24H32N2O2. The van der Waals surface area contributed by atoms with E-state index in [2.05, 4.69) is 33.1 Å². The van der Waals surface area contributed by atoms with Crippen LogP contribution in [0.1, 0.15) is 72.4 Å². The smallest absolute Gasteiger partial charge is 0.267 e. The molecule has 0 aliphatic rings. The molecule has 0 saturated carbocycles. The molecule has 2 aromatic carbocycles. The zero-order valence-corrected chi connectivity index (χ0v) is 17.9. The van der Waals surface area contributed by atoms with Crippen molar-refractivity contribution in [3.8, 4) is 0 Å². The molecule has 2 amide bonds. The summed E-state index contributed by atoms with van der Waals surface area (Å²) in [7, 11) is 0. The molecule has 0 unspecified atom stereocenters. The largest absolute Gasteiger partial charge is 0.272 e. The summed E-state index contributed by atoms with van der Waals surface area (Å²) in [4.78, 5) is 26.3. The highest BCUT2D eigenvalue weighted by atomic mass is 16.2. The van der Waals surface area contributed by atoms with E-state index in [0.717, 1.165) is 24.0 Å².